The van der Waals surface area contributed by atoms with Gasteiger partial charge in [0.2, 0.25) is 0 Å². The van der Waals surface area contributed by atoms with Crippen molar-refractivity contribution in [2.24, 2.45) is 0 Å². The highest BCUT2D eigenvalue weighted by molar-refractivity contribution is 7.71. The zero-order valence-corrected chi connectivity index (χ0v) is 13.8. The van der Waals surface area contributed by atoms with Crippen molar-refractivity contribution in [1.29, 1.82) is 0 Å². The van der Waals surface area contributed by atoms with Gasteiger partial charge in [-0.3, -0.25) is 9.67 Å². The second-order valence-electron chi connectivity index (χ2n) is 5.70. The number of H-pyrrole nitrogens is 1. The number of thiazole rings is 1. The lowest BCUT2D eigenvalue weighted by Gasteiger charge is -2.04. The van der Waals surface area contributed by atoms with Gasteiger partial charge in [0.1, 0.15) is 0 Å². The zero-order chi connectivity index (χ0) is 14.3. The number of nitrogens with one attached hydrogen (secondary N) is 1. The number of hydrogen-bond acceptors (Lipinski definition) is 4. The Balaban J connectivity index is 2.11. The largest absolute Gasteiger partial charge is 0.299 e. The van der Waals surface area contributed by atoms with Crippen molar-refractivity contribution < 1.29 is 0 Å². The topological polar surface area (TPSA) is 46.5 Å². The van der Waals surface area contributed by atoms with Gasteiger partial charge in [0.25, 0.3) is 0 Å². The molecule has 1 aliphatic carbocycles. The van der Waals surface area contributed by atoms with Crippen LogP contribution in [0.3, 0.4) is 0 Å². The van der Waals surface area contributed by atoms with Crippen molar-refractivity contribution in [3.05, 3.63) is 15.5 Å². The number of aromatic amines is 1. The minimum atomic E-state index is 0.466. The average molecular weight is 308 g/mol. The maximum atomic E-state index is 5.35. The SMILES string of the molecule is CCCn1c(-c2sc(C(C)C)nc2C2CC2)n[nH]c1=S. The lowest BCUT2D eigenvalue weighted by molar-refractivity contribution is 0.675. The molecule has 0 spiro atoms. The Bertz CT molecular complexity index is 661. The smallest absolute Gasteiger partial charge is 0.195 e. The maximum Gasteiger partial charge on any atom is 0.195 e. The van der Waals surface area contributed by atoms with E-state index in [9.17, 15) is 0 Å². The summed E-state index contributed by atoms with van der Waals surface area (Å²) in [6.45, 7) is 7.46. The van der Waals surface area contributed by atoms with E-state index in [-0.39, 0.29) is 0 Å². The van der Waals surface area contributed by atoms with Crippen molar-refractivity contribution in [2.45, 2.75) is 58.4 Å². The third-order valence-corrected chi connectivity index (χ3v) is 5.22. The second-order valence-corrected chi connectivity index (χ2v) is 7.12. The molecule has 0 amide bonds. The van der Waals surface area contributed by atoms with Crippen molar-refractivity contribution in [3.63, 3.8) is 0 Å². The quantitative estimate of drug-likeness (QED) is 0.829. The van der Waals surface area contributed by atoms with Crippen molar-refractivity contribution in [2.75, 3.05) is 0 Å². The van der Waals surface area contributed by atoms with Crippen LogP contribution in [0.15, 0.2) is 0 Å². The fourth-order valence-electron chi connectivity index (χ4n) is 2.31. The van der Waals surface area contributed by atoms with Crippen LogP contribution in [0.25, 0.3) is 10.7 Å². The first kappa shape index (κ1) is 13.9. The first-order valence-electron chi connectivity index (χ1n) is 7.28. The van der Waals surface area contributed by atoms with E-state index in [1.165, 1.54) is 28.4 Å². The molecule has 20 heavy (non-hydrogen) atoms. The molecular weight excluding hydrogens is 288 g/mol. The Morgan fingerprint density at radius 1 is 1.45 bits per heavy atom. The summed E-state index contributed by atoms with van der Waals surface area (Å²) in [5, 5.41) is 8.61. The van der Waals surface area contributed by atoms with Crippen molar-refractivity contribution in [3.8, 4) is 10.7 Å². The van der Waals surface area contributed by atoms with E-state index in [2.05, 4.69) is 35.5 Å². The summed E-state index contributed by atoms with van der Waals surface area (Å²) in [6, 6.07) is 0. The number of rotatable bonds is 5. The zero-order valence-electron chi connectivity index (χ0n) is 12.1. The van der Waals surface area contributed by atoms with Gasteiger partial charge >= 0.3 is 0 Å². The van der Waals surface area contributed by atoms with Crippen LogP contribution in [-0.4, -0.2) is 19.7 Å². The lowest BCUT2D eigenvalue weighted by atomic mass is 10.2. The average Bonchev–Trinajstić information content (AvgIpc) is 3.06. The molecule has 0 unspecified atom stereocenters. The van der Waals surface area contributed by atoms with E-state index in [0.717, 1.165) is 18.8 Å². The van der Waals surface area contributed by atoms with Crippen LogP contribution in [0.2, 0.25) is 0 Å². The minimum absolute atomic E-state index is 0.466. The lowest BCUT2D eigenvalue weighted by Crippen LogP contribution is -2.00. The summed E-state index contributed by atoms with van der Waals surface area (Å²) in [5.74, 6) is 2.07. The molecule has 1 aliphatic rings. The van der Waals surface area contributed by atoms with E-state index >= 15 is 0 Å². The standard InChI is InChI=1S/C14H20N4S2/c1-4-7-18-12(16-17-14(18)19)11-10(9-5-6-9)15-13(20-11)8(2)3/h8-9H,4-7H2,1-3H3,(H,17,19). The van der Waals surface area contributed by atoms with Gasteiger partial charge in [-0.1, -0.05) is 20.8 Å². The molecule has 0 saturated heterocycles. The van der Waals surface area contributed by atoms with Gasteiger partial charge in [-0.2, -0.15) is 5.10 Å². The van der Waals surface area contributed by atoms with Gasteiger partial charge in [-0.15, -0.1) is 11.3 Å². The Hall–Kier alpha value is -1.01. The Morgan fingerprint density at radius 2 is 2.20 bits per heavy atom. The third-order valence-electron chi connectivity index (χ3n) is 3.54. The fourth-order valence-corrected chi connectivity index (χ4v) is 3.69. The Labute approximate surface area is 128 Å². The van der Waals surface area contributed by atoms with Crippen molar-refractivity contribution >= 4 is 23.6 Å². The fraction of sp³-hybridized carbons (Fsp3) is 0.643. The Morgan fingerprint density at radius 3 is 2.80 bits per heavy atom. The maximum absolute atomic E-state index is 5.35. The normalized spacial score (nSPS) is 15.2. The van der Waals surface area contributed by atoms with Gasteiger partial charge in [0.15, 0.2) is 10.6 Å². The van der Waals surface area contributed by atoms with Crippen LogP contribution in [0.4, 0.5) is 0 Å². The number of aromatic nitrogens is 4. The van der Waals surface area contributed by atoms with Crippen LogP contribution >= 0.6 is 23.6 Å². The highest BCUT2D eigenvalue weighted by atomic mass is 32.1. The molecule has 0 radical (unpaired) electrons. The molecule has 2 heterocycles. The minimum Gasteiger partial charge on any atom is -0.299 e. The summed E-state index contributed by atoms with van der Waals surface area (Å²) in [6.07, 6.45) is 3.57. The van der Waals surface area contributed by atoms with Crippen molar-refractivity contribution in [1.82, 2.24) is 19.7 Å². The molecule has 108 valence electrons. The van der Waals surface area contributed by atoms with Crippen LogP contribution < -0.4 is 0 Å². The molecule has 1 fully saturated rings. The summed E-state index contributed by atoms with van der Waals surface area (Å²) < 4.78 is 2.82. The third kappa shape index (κ3) is 2.46. The molecule has 0 aliphatic heterocycles. The molecule has 0 aromatic carbocycles. The second kappa shape index (κ2) is 5.41. The van der Waals surface area contributed by atoms with Crippen LogP contribution in [0.1, 0.15) is 62.6 Å². The Kier molecular flexibility index (Phi) is 3.77. The number of nitrogens with zero attached hydrogens (tertiary/aromatic N) is 3. The van der Waals surface area contributed by atoms with E-state index in [4.69, 9.17) is 17.2 Å². The van der Waals surface area contributed by atoms with E-state index < -0.39 is 0 Å². The van der Waals surface area contributed by atoms with Gasteiger partial charge in [0, 0.05) is 18.4 Å². The summed E-state index contributed by atoms with van der Waals surface area (Å²) in [5.41, 5.74) is 1.24. The molecule has 3 rings (SSSR count). The van der Waals surface area contributed by atoms with E-state index in [1.54, 1.807) is 11.3 Å². The molecule has 6 heteroatoms. The van der Waals surface area contributed by atoms with Gasteiger partial charge in [0.05, 0.1) is 15.6 Å². The van der Waals surface area contributed by atoms with E-state index in [0.29, 0.717) is 16.6 Å². The summed E-state index contributed by atoms with van der Waals surface area (Å²) >= 11 is 7.13. The first-order valence-corrected chi connectivity index (χ1v) is 8.50. The van der Waals surface area contributed by atoms with Gasteiger partial charge < -0.3 is 0 Å². The van der Waals surface area contributed by atoms with Crippen LogP contribution in [0.5, 0.6) is 0 Å². The summed E-state index contributed by atoms with van der Waals surface area (Å²) in [4.78, 5) is 6.10. The van der Waals surface area contributed by atoms with Crippen LogP contribution in [0, 0.1) is 4.77 Å². The molecule has 2 aromatic rings. The molecule has 1 N–H and O–H groups in total. The number of hydrogen-bond donors (Lipinski definition) is 1. The molecule has 0 atom stereocenters. The molecule has 1 saturated carbocycles. The van der Waals surface area contributed by atoms with Gasteiger partial charge in [-0.25, -0.2) is 4.98 Å². The molecule has 4 nitrogen and oxygen atoms in total. The molecular formula is C14H20N4S2. The monoisotopic (exact) mass is 308 g/mol. The highest BCUT2D eigenvalue weighted by Crippen LogP contribution is 2.46. The molecule has 0 bridgehead atoms. The predicted molar refractivity (Wildman–Crippen MR) is 84.9 cm³/mol. The van der Waals surface area contributed by atoms with Crippen LogP contribution in [-0.2, 0) is 6.54 Å². The molecule has 2 aromatic heterocycles. The first-order chi connectivity index (χ1) is 9.61. The van der Waals surface area contributed by atoms with Gasteiger partial charge in [-0.05, 0) is 31.5 Å². The highest BCUT2D eigenvalue weighted by Gasteiger charge is 2.32. The summed E-state index contributed by atoms with van der Waals surface area (Å²) in [7, 11) is 0. The van der Waals surface area contributed by atoms with E-state index in [1.807, 2.05) is 0 Å². The predicted octanol–water partition coefficient (Wildman–Crippen LogP) is 4.47.